The lowest BCUT2D eigenvalue weighted by molar-refractivity contribution is 0.247. The molecular formula is C14H19N3O3. The number of primary amides is 1. The molecule has 2 N–H and O–H groups in total. The van der Waals surface area contributed by atoms with Crippen LogP contribution < -0.4 is 15.2 Å². The number of hydrogen-bond donors (Lipinski definition) is 1. The molecule has 6 nitrogen and oxygen atoms in total. The first-order valence-electron chi connectivity index (χ1n) is 6.56. The molecule has 0 bridgehead atoms. The Bertz CT molecular complexity index is 634. The second-order valence-electron chi connectivity index (χ2n) is 4.50. The molecule has 20 heavy (non-hydrogen) atoms. The van der Waals surface area contributed by atoms with Gasteiger partial charge in [0, 0.05) is 0 Å². The Balaban J connectivity index is 2.66. The molecule has 0 spiro atoms. The number of nitrogens with two attached hydrogens (primary N) is 1. The van der Waals surface area contributed by atoms with Crippen molar-refractivity contribution in [2.24, 2.45) is 5.73 Å². The number of carbonyl (C=O) groups excluding carboxylic acids is 1. The number of amides is 1. The molecule has 0 saturated heterocycles. The van der Waals surface area contributed by atoms with Crippen molar-refractivity contribution in [1.29, 1.82) is 0 Å². The third kappa shape index (κ3) is 2.29. The minimum atomic E-state index is -0.632. The molecule has 108 valence electrons. The van der Waals surface area contributed by atoms with Gasteiger partial charge in [0.1, 0.15) is 11.3 Å². The fourth-order valence-corrected chi connectivity index (χ4v) is 2.28. The van der Waals surface area contributed by atoms with Crippen LogP contribution in [-0.4, -0.2) is 29.8 Å². The Morgan fingerprint density at radius 1 is 1.35 bits per heavy atom. The predicted molar refractivity (Wildman–Crippen MR) is 76.4 cm³/mol. The highest BCUT2D eigenvalue weighted by molar-refractivity contribution is 5.93. The summed E-state index contributed by atoms with van der Waals surface area (Å²) in [5.74, 6) is 0.675. The maximum atomic E-state index is 11.5. The van der Waals surface area contributed by atoms with Crippen molar-refractivity contribution < 1.29 is 14.3 Å². The number of aryl methyl sites for hydroxylation is 1. The number of nitrogens with zero attached hydrogens (tertiary/aromatic N) is 2. The van der Waals surface area contributed by atoms with E-state index in [2.05, 4.69) is 11.9 Å². The number of methoxy groups -OCH3 is 2. The molecule has 0 aliphatic heterocycles. The number of carbonyl (C=O) groups is 1. The van der Waals surface area contributed by atoms with Gasteiger partial charge in [0.05, 0.1) is 19.7 Å². The molecule has 1 heterocycles. The second-order valence-corrected chi connectivity index (χ2v) is 4.50. The maximum Gasteiger partial charge on any atom is 0.327 e. The smallest absolute Gasteiger partial charge is 0.327 e. The van der Waals surface area contributed by atoms with Gasteiger partial charge in [-0.15, -0.1) is 0 Å². The average molecular weight is 277 g/mol. The zero-order valence-electron chi connectivity index (χ0n) is 12.0. The third-order valence-electron chi connectivity index (χ3n) is 3.24. The Hall–Kier alpha value is -2.24. The highest BCUT2D eigenvalue weighted by Crippen LogP contribution is 2.32. The number of unbranched alkanes of at least 4 members (excludes halogenated alkanes) is 1. The van der Waals surface area contributed by atoms with Gasteiger partial charge in [-0.3, -0.25) is 0 Å². The van der Waals surface area contributed by atoms with E-state index in [0.29, 0.717) is 16.8 Å². The minimum absolute atomic E-state index is 0.165. The first-order chi connectivity index (χ1) is 9.63. The normalized spacial score (nSPS) is 10.8. The lowest BCUT2D eigenvalue weighted by Gasteiger charge is -2.09. The summed E-state index contributed by atoms with van der Waals surface area (Å²) >= 11 is 0. The summed E-state index contributed by atoms with van der Waals surface area (Å²) in [7, 11) is 3.05. The minimum Gasteiger partial charge on any atom is -0.494 e. The van der Waals surface area contributed by atoms with E-state index in [4.69, 9.17) is 15.2 Å². The summed E-state index contributed by atoms with van der Waals surface area (Å²) in [6.07, 6.45) is 3.07. The number of ether oxygens (including phenoxy) is 2. The molecule has 1 aromatic heterocycles. The van der Waals surface area contributed by atoms with Gasteiger partial charge < -0.3 is 15.2 Å². The van der Waals surface area contributed by atoms with Gasteiger partial charge in [-0.1, -0.05) is 19.4 Å². The van der Waals surface area contributed by atoms with E-state index in [-0.39, 0.29) is 6.01 Å². The molecule has 0 unspecified atom stereocenters. The standard InChI is InChI=1S/C14H19N3O3/c1-4-5-6-9-7-8-10-11(12(9)19-2)16-14(20-3)17(10)13(15)18/h7-8H,4-6H2,1-3H3,(H2,15,18). The van der Waals surface area contributed by atoms with E-state index in [9.17, 15) is 4.79 Å². The van der Waals surface area contributed by atoms with Gasteiger partial charge in [0.15, 0.2) is 0 Å². The van der Waals surface area contributed by atoms with Crippen LogP contribution in [0, 0.1) is 0 Å². The number of rotatable bonds is 5. The number of aromatic nitrogens is 2. The van der Waals surface area contributed by atoms with Crippen LogP contribution in [-0.2, 0) is 6.42 Å². The maximum absolute atomic E-state index is 11.5. The van der Waals surface area contributed by atoms with Crippen LogP contribution in [0.4, 0.5) is 4.79 Å². The Kier molecular flexibility index (Phi) is 4.12. The van der Waals surface area contributed by atoms with Gasteiger partial charge in [-0.05, 0) is 24.5 Å². The summed E-state index contributed by atoms with van der Waals surface area (Å²) in [4.78, 5) is 15.8. The van der Waals surface area contributed by atoms with E-state index in [1.54, 1.807) is 7.11 Å². The third-order valence-corrected chi connectivity index (χ3v) is 3.24. The van der Waals surface area contributed by atoms with E-state index in [1.165, 1.54) is 11.7 Å². The largest absolute Gasteiger partial charge is 0.494 e. The van der Waals surface area contributed by atoms with Crippen LogP contribution in [0.5, 0.6) is 11.8 Å². The number of hydrogen-bond acceptors (Lipinski definition) is 4. The number of imidazole rings is 1. The fraction of sp³-hybridized carbons (Fsp3) is 0.429. The summed E-state index contributed by atoms with van der Waals surface area (Å²) in [6, 6.07) is 3.30. The van der Waals surface area contributed by atoms with Crippen molar-refractivity contribution in [2.75, 3.05) is 14.2 Å². The summed E-state index contributed by atoms with van der Waals surface area (Å²) in [5, 5.41) is 0. The van der Waals surface area contributed by atoms with Gasteiger partial charge >= 0.3 is 12.0 Å². The highest BCUT2D eigenvalue weighted by atomic mass is 16.5. The lowest BCUT2D eigenvalue weighted by Crippen LogP contribution is -2.20. The highest BCUT2D eigenvalue weighted by Gasteiger charge is 2.20. The summed E-state index contributed by atoms with van der Waals surface area (Å²) < 4.78 is 11.8. The topological polar surface area (TPSA) is 79.4 Å². The van der Waals surface area contributed by atoms with Crippen molar-refractivity contribution >= 4 is 17.1 Å². The van der Waals surface area contributed by atoms with Gasteiger partial charge in [0.2, 0.25) is 0 Å². The second kappa shape index (κ2) is 5.81. The van der Waals surface area contributed by atoms with E-state index < -0.39 is 6.03 Å². The monoisotopic (exact) mass is 277 g/mol. The average Bonchev–Trinajstić information content (AvgIpc) is 2.82. The summed E-state index contributed by atoms with van der Waals surface area (Å²) in [6.45, 7) is 2.13. The van der Waals surface area contributed by atoms with Crippen molar-refractivity contribution in [3.63, 3.8) is 0 Å². The van der Waals surface area contributed by atoms with Crippen LogP contribution in [0.3, 0.4) is 0 Å². The van der Waals surface area contributed by atoms with E-state index in [0.717, 1.165) is 24.8 Å². The zero-order valence-corrected chi connectivity index (χ0v) is 12.0. The molecule has 1 amide bonds. The molecule has 0 saturated carbocycles. The Morgan fingerprint density at radius 2 is 2.10 bits per heavy atom. The van der Waals surface area contributed by atoms with Crippen LogP contribution in [0.1, 0.15) is 25.3 Å². The van der Waals surface area contributed by atoms with Crippen LogP contribution >= 0.6 is 0 Å². The molecular weight excluding hydrogens is 258 g/mol. The number of benzene rings is 1. The molecule has 2 rings (SSSR count). The first kappa shape index (κ1) is 14.2. The van der Waals surface area contributed by atoms with E-state index >= 15 is 0 Å². The molecule has 0 fully saturated rings. The van der Waals surface area contributed by atoms with Gasteiger partial charge in [0.25, 0.3) is 0 Å². The fourth-order valence-electron chi connectivity index (χ4n) is 2.28. The predicted octanol–water partition coefficient (Wildman–Crippen LogP) is 2.32. The molecule has 2 aromatic rings. The zero-order chi connectivity index (χ0) is 14.7. The molecule has 1 aromatic carbocycles. The quantitative estimate of drug-likeness (QED) is 0.909. The molecule has 0 radical (unpaired) electrons. The molecule has 0 aliphatic rings. The lowest BCUT2D eigenvalue weighted by atomic mass is 10.1. The van der Waals surface area contributed by atoms with Crippen molar-refractivity contribution in [3.05, 3.63) is 17.7 Å². The molecule has 6 heteroatoms. The molecule has 0 atom stereocenters. The van der Waals surface area contributed by atoms with Crippen molar-refractivity contribution in [2.45, 2.75) is 26.2 Å². The Morgan fingerprint density at radius 3 is 2.65 bits per heavy atom. The van der Waals surface area contributed by atoms with E-state index in [1.807, 2.05) is 12.1 Å². The summed E-state index contributed by atoms with van der Waals surface area (Å²) in [5.41, 5.74) is 7.63. The molecule has 0 aliphatic carbocycles. The number of fused-ring (bicyclic) bond motifs is 1. The van der Waals surface area contributed by atoms with Crippen LogP contribution in [0.2, 0.25) is 0 Å². The van der Waals surface area contributed by atoms with Crippen LogP contribution in [0.15, 0.2) is 12.1 Å². The SMILES string of the molecule is CCCCc1ccc2c(nc(OC)n2C(N)=O)c1OC. The van der Waals surface area contributed by atoms with Crippen LogP contribution in [0.25, 0.3) is 11.0 Å². The first-order valence-corrected chi connectivity index (χ1v) is 6.56. The Labute approximate surface area is 117 Å². The van der Waals surface area contributed by atoms with Gasteiger partial charge in [-0.25, -0.2) is 9.36 Å². The van der Waals surface area contributed by atoms with Crippen molar-refractivity contribution in [1.82, 2.24) is 9.55 Å². The van der Waals surface area contributed by atoms with Gasteiger partial charge in [-0.2, -0.15) is 4.98 Å². The van der Waals surface area contributed by atoms with Crippen molar-refractivity contribution in [3.8, 4) is 11.8 Å².